The van der Waals surface area contributed by atoms with Crippen molar-refractivity contribution in [1.82, 2.24) is 15.1 Å². The van der Waals surface area contributed by atoms with Gasteiger partial charge < -0.3 is 10.4 Å². The predicted molar refractivity (Wildman–Crippen MR) is 42.8 cm³/mol. The minimum Gasteiger partial charge on any atom is -0.465 e. The number of amides is 1. The van der Waals surface area contributed by atoms with Gasteiger partial charge in [-0.15, -0.1) is 0 Å². The van der Waals surface area contributed by atoms with Crippen LogP contribution >= 0.6 is 0 Å². The van der Waals surface area contributed by atoms with Crippen LogP contribution in [0.2, 0.25) is 0 Å². The summed E-state index contributed by atoms with van der Waals surface area (Å²) < 4.78 is 1.71. The SMILES string of the molecule is Cc1c(CNC(=O)O)cnn1C. The summed E-state index contributed by atoms with van der Waals surface area (Å²) in [6, 6.07) is 0. The van der Waals surface area contributed by atoms with Crippen molar-refractivity contribution < 1.29 is 9.90 Å². The minimum atomic E-state index is -1.02. The molecule has 1 amide bonds. The van der Waals surface area contributed by atoms with Gasteiger partial charge in [0, 0.05) is 24.8 Å². The summed E-state index contributed by atoms with van der Waals surface area (Å²) in [6.45, 7) is 2.21. The van der Waals surface area contributed by atoms with E-state index in [1.54, 1.807) is 10.9 Å². The van der Waals surface area contributed by atoms with Crippen LogP contribution in [0.25, 0.3) is 0 Å². The second-order valence-electron chi connectivity index (χ2n) is 2.54. The van der Waals surface area contributed by atoms with E-state index in [0.717, 1.165) is 11.3 Å². The second kappa shape index (κ2) is 3.25. The average molecular weight is 169 g/mol. The molecule has 0 saturated heterocycles. The fraction of sp³-hybridized carbons (Fsp3) is 0.429. The van der Waals surface area contributed by atoms with Gasteiger partial charge in [0.1, 0.15) is 0 Å². The van der Waals surface area contributed by atoms with Crippen LogP contribution in [0.1, 0.15) is 11.3 Å². The molecule has 0 saturated carbocycles. The Balaban J connectivity index is 2.63. The molecule has 12 heavy (non-hydrogen) atoms. The molecular formula is C7H11N3O2. The van der Waals surface area contributed by atoms with E-state index in [0.29, 0.717) is 6.54 Å². The zero-order valence-corrected chi connectivity index (χ0v) is 7.03. The van der Waals surface area contributed by atoms with Gasteiger partial charge in [0.15, 0.2) is 0 Å². The second-order valence-corrected chi connectivity index (χ2v) is 2.54. The number of hydrogen-bond acceptors (Lipinski definition) is 2. The summed E-state index contributed by atoms with van der Waals surface area (Å²) in [7, 11) is 1.82. The van der Waals surface area contributed by atoms with E-state index in [9.17, 15) is 4.79 Å². The summed E-state index contributed by atoms with van der Waals surface area (Å²) in [5, 5.41) is 14.6. The van der Waals surface area contributed by atoms with Crippen LogP contribution in [-0.2, 0) is 13.6 Å². The zero-order valence-electron chi connectivity index (χ0n) is 7.03. The number of rotatable bonds is 2. The smallest absolute Gasteiger partial charge is 0.404 e. The molecule has 0 aromatic carbocycles. The molecule has 0 unspecified atom stereocenters. The van der Waals surface area contributed by atoms with E-state index >= 15 is 0 Å². The summed E-state index contributed by atoms with van der Waals surface area (Å²) in [5.41, 5.74) is 1.88. The highest BCUT2D eigenvalue weighted by molar-refractivity contribution is 5.64. The molecule has 66 valence electrons. The van der Waals surface area contributed by atoms with Crippen LogP contribution in [0.3, 0.4) is 0 Å². The molecule has 1 aromatic rings. The molecule has 1 aromatic heterocycles. The average Bonchev–Trinajstić information content (AvgIpc) is 2.30. The number of carboxylic acid groups (broad SMARTS) is 1. The third-order valence-corrected chi connectivity index (χ3v) is 1.77. The van der Waals surface area contributed by atoms with Crippen LogP contribution in [-0.4, -0.2) is 21.0 Å². The maximum atomic E-state index is 10.2. The van der Waals surface area contributed by atoms with E-state index in [-0.39, 0.29) is 0 Å². The zero-order chi connectivity index (χ0) is 9.14. The Bertz CT molecular complexity index is 293. The van der Waals surface area contributed by atoms with Crippen LogP contribution in [0.5, 0.6) is 0 Å². The monoisotopic (exact) mass is 169 g/mol. The quantitative estimate of drug-likeness (QED) is 0.677. The Kier molecular flexibility index (Phi) is 2.32. The normalized spacial score (nSPS) is 9.83. The van der Waals surface area contributed by atoms with E-state index < -0.39 is 6.09 Å². The molecule has 5 nitrogen and oxygen atoms in total. The number of carbonyl (C=O) groups is 1. The topological polar surface area (TPSA) is 67.2 Å². The first-order chi connectivity index (χ1) is 5.61. The molecule has 2 N–H and O–H groups in total. The number of aromatic nitrogens is 2. The first-order valence-electron chi connectivity index (χ1n) is 3.55. The van der Waals surface area contributed by atoms with Gasteiger partial charge in [-0.05, 0) is 6.92 Å². The third-order valence-electron chi connectivity index (χ3n) is 1.77. The summed E-state index contributed by atoms with van der Waals surface area (Å²) in [4.78, 5) is 10.2. The molecule has 0 aliphatic carbocycles. The highest BCUT2D eigenvalue weighted by Crippen LogP contribution is 2.04. The van der Waals surface area contributed by atoms with Crippen molar-refractivity contribution in [3.63, 3.8) is 0 Å². The molecule has 0 aliphatic rings. The molecule has 0 radical (unpaired) electrons. The summed E-state index contributed by atoms with van der Waals surface area (Å²) >= 11 is 0. The van der Waals surface area contributed by atoms with Crippen LogP contribution in [0.4, 0.5) is 4.79 Å². The highest BCUT2D eigenvalue weighted by Gasteiger charge is 2.03. The van der Waals surface area contributed by atoms with Gasteiger partial charge in [0.05, 0.1) is 6.20 Å². The van der Waals surface area contributed by atoms with Crippen LogP contribution < -0.4 is 5.32 Å². The number of aryl methyl sites for hydroxylation is 1. The predicted octanol–water partition coefficient (Wildman–Crippen LogP) is 0.496. The van der Waals surface area contributed by atoms with E-state index in [2.05, 4.69) is 10.4 Å². The molecule has 0 fully saturated rings. The molecule has 0 atom stereocenters. The Morgan fingerprint density at radius 2 is 2.50 bits per heavy atom. The van der Waals surface area contributed by atoms with Crippen molar-refractivity contribution in [2.24, 2.45) is 7.05 Å². The molecule has 0 spiro atoms. The molecule has 1 heterocycles. The lowest BCUT2D eigenvalue weighted by atomic mass is 10.2. The van der Waals surface area contributed by atoms with Crippen molar-refractivity contribution in [2.75, 3.05) is 0 Å². The van der Waals surface area contributed by atoms with E-state index in [1.165, 1.54) is 0 Å². The first-order valence-corrected chi connectivity index (χ1v) is 3.55. The lowest BCUT2D eigenvalue weighted by molar-refractivity contribution is 0.194. The third kappa shape index (κ3) is 1.75. The van der Waals surface area contributed by atoms with E-state index in [1.807, 2.05) is 14.0 Å². The van der Waals surface area contributed by atoms with E-state index in [4.69, 9.17) is 5.11 Å². The number of nitrogens with one attached hydrogen (secondary N) is 1. The largest absolute Gasteiger partial charge is 0.465 e. The summed E-state index contributed by atoms with van der Waals surface area (Å²) in [5.74, 6) is 0. The van der Waals surface area contributed by atoms with Gasteiger partial charge in [0.2, 0.25) is 0 Å². The Labute approximate surface area is 70.0 Å². The molecule has 0 aliphatic heterocycles. The van der Waals surface area contributed by atoms with Gasteiger partial charge in [-0.1, -0.05) is 0 Å². The van der Waals surface area contributed by atoms with Gasteiger partial charge in [-0.2, -0.15) is 5.10 Å². The van der Waals surface area contributed by atoms with Gasteiger partial charge in [-0.25, -0.2) is 4.79 Å². The molecule has 5 heteroatoms. The van der Waals surface area contributed by atoms with Crippen molar-refractivity contribution in [3.8, 4) is 0 Å². The fourth-order valence-corrected chi connectivity index (χ4v) is 0.889. The maximum absolute atomic E-state index is 10.2. The molecule has 1 rings (SSSR count). The van der Waals surface area contributed by atoms with Gasteiger partial charge >= 0.3 is 6.09 Å². The fourth-order valence-electron chi connectivity index (χ4n) is 0.889. The lowest BCUT2D eigenvalue weighted by Crippen LogP contribution is -2.20. The lowest BCUT2D eigenvalue weighted by Gasteiger charge is -1.99. The molecular weight excluding hydrogens is 158 g/mol. The Morgan fingerprint density at radius 1 is 1.83 bits per heavy atom. The standard InChI is InChI=1S/C7H11N3O2/c1-5-6(3-8-7(11)12)4-9-10(5)2/h4,8H,3H2,1-2H3,(H,11,12). The van der Waals surface area contributed by atoms with Crippen molar-refractivity contribution >= 4 is 6.09 Å². The number of nitrogens with zero attached hydrogens (tertiary/aromatic N) is 2. The summed E-state index contributed by atoms with van der Waals surface area (Å²) in [6.07, 6.45) is 0.643. The molecule has 0 bridgehead atoms. The Morgan fingerprint density at radius 3 is 2.92 bits per heavy atom. The minimum absolute atomic E-state index is 0.314. The van der Waals surface area contributed by atoms with Crippen molar-refractivity contribution in [3.05, 3.63) is 17.5 Å². The van der Waals surface area contributed by atoms with Gasteiger partial charge in [0.25, 0.3) is 0 Å². The van der Waals surface area contributed by atoms with Crippen molar-refractivity contribution in [2.45, 2.75) is 13.5 Å². The van der Waals surface area contributed by atoms with Gasteiger partial charge in [-0.3, -0.25) is 4.68 Å². The van der Waals surface area contributed by atoms with Crippen molar-refractivity contribution in [1.29, 1.82) is 0 Å². The first kappa shape index (κ1) is 8.58. The highest BCUT2D eigenvalue weighted by atomic mass is 16.4. The maximum Gasteiger partial charge on any atom is 0.404 e. The Hall–Kier alpha value is -1.52. The van der Waals surface area contributed by atoms with Crippen LogP contribution in [0.15, 0.2) is 6.20 Å². The van der Waals surface area contributed by atoms with Crippen LogP contribution in [0, 0.1) is 6.92 Å². The number of hydrogen-bond donors (Lipinski definition) is 2.